The fraction of sp³-hybridized carbons (Fsp3) is 0.304. The molecule has 0 bridgehead atoms. The highest BCUT2D eigenvalue weighted by atomic mass is 16.5. The van der Waals surface area contributed by atoms with Crippen molar-refractivity contribution in [2.45, 2.75) is 6.54 Å². The number of nitriles is 1. The van der Waals surface area contributed by atoms with E-state index in [-0.39, 0.29) is 0 Å². The molecule has 0 saturated carbocycles. The molecule has 1 N–H and O–H groups in total. The molecule has 1 aliphatic rings. The Labute approximate surface area is 185 Å². The molecule has 5 rings (SSSR count). The minimum atomic E-state index is 0.611. The zero-order valence-corrected chi connectivity index (χ0v) is 17.9. The molecular formula is C23H24N8O. The van der Waals surface area contributed by atoms with Gasteiger partial charge < -0.3 is 19.5 Å². The molecule has 1 fully saturated rings. The average Bonchev–Trinajstić information content (AvgIpc) is 3.50. The molecular weight excluding hydrogens is 404 g/mol. The normalized spacial score (nSPS) is 14.1. The van der Waals surface area contributed by atoms with Crippen molar-refractivity contribution in [1.82, 2.24) is 29.6 Å². The maximum Gasteiger partial charge on any atom is 0.164 e. The minimum absolute atomic E-state index is 0.611. The number of anilines is 1. The maximum atomic E-state index is 9.20. The van der Waals surface area contributed by atoms with Crippen LogP contribution in [-0.2, 0) is 11.3 Å². The summed E-state index contributed by atoms with van der Waals surface area (Å²) in [5, 5.41) is 17.1. The van der Waals surface area contributed by atoms with Gasteiger partial charge in [-0.3, -0.25) is 0 Å². The molecule has 32 heavy (non-hydrogen) atoms. The Kier molecular flexibility index (Phi) is 5.54. The second-order valence-corrected chi connectivity index (χ2v) is 7.65. The van der Waals surface area contributed by atoms with Crippen LogP contribution in [0.5, 0.6) is 0 Å². The molecule has 4 heterocycles. The SMILES string of the molecule is CNCCn1cnc2c(N3CCOCC3)cc(-n3ccc(-c4cccc(C#N)c4)n3)nc21. The van der Waals surface area contributed by atoms with Crippen LogP contribution in [0.2, 0.25) is 0 Å². The molecule has 162 valence electrons. The van der Waals surface area contributed by atoms with Crippen LogP contribution >= 0.6 is 0 Å². The summed E-state index contributed by atoms with van der Waals surface area (Å²) in [6.45, 7) is 4.62. The van der Waals surface area contributed by atoms with Crippen molar-refractivity contribution in [3.63, 3.8) is 0 Å². The highest BCUT2D eigenvalue weighted by molar-refractivity contribution is 5.87. The molecule has 0 radical (unpaired) electrons. The summed E-state index contributed by atoms with van der Waals surface area (Å²) in [5.41, 5.74) is 5.07. The number of imidazole rings is 1. The number of nitrogens with one attached hydrogen (secondary N) is 1. The zero-order chi connectivity index (χ0) is 21.9. The number of fused-ring (bicyclic) bond motifs is 1. The summed E-state index contributed by atoms with van der Waals surface area (Å²) in [7, 11) is 1.93. The topological polar surface area (TPSA) is 96.8 Å². The number of pyridine rings is 1. The molecule has 9 heteroatoms. The van der Waals surface area contributed by atoms with Gasteiger partial charge in [0.2, 0.25) is 0 Å². The first kappa shape index (κ1) is 20.2. The molecule has 0 spiro atoms. The Hall–Kier alpha value is -3.74. The zero-order valence-electron chi connectivity index (χ0n) is 17.9. The quantitative estimate of drug-likeness (QED) is 0.503. The number of hydrogen-bond acceptors (Lipinski definition) is 7. The number of ether oxygens (including phenoxy) is 1. The smallest absolute Gasteiger partial charge is 0.164 e. The van der Waals surface area contributed by atoms with Gasteiger partial charge in [-0.25, -0.2) is 14.6 Å². The van der Waals surface area contributed by atoms with Crippen LogP contribution in [0.3, 0.4) is 0 Å². The first-order chi connectivity index (χ1) is 15.8. The third-order valence-corrected chi connectivity index (χ3v) is 5.60. The monoisotopic (exact) mass is 428 g/mol. The van der Waals surface area contributed by atoms with E-state index in [1.807, 2.05) is 49.9 Å². The van der Waals surface area contributed by atoms with Gasteiger partial charge in [-0.2, -0.15) is 10.4 Å². The van der Waals surface area contributed by atoms with Gasteiger partial charge in [-0.1, -0.05) is 12.1 Å². The van der Waals surface area contributed by atoms with Crippen molar-refractivity contribution in [2.24, 2.45) is 0 Å². The first-order valence-corrected chi connectivity index (χ1v) is 10.7. The Balaban J connectivity index is 1.59. The molecule has 0 unspecified atom stereocenters. The molecule has 1 saturated heterocycles. The maximum absolute atomic E-state index is 9.20. The van der Waals surface area contributed by atoms with E-state index in [2.05, 4.69) is 25.8 Å². The molecule has 1 aliphatic heterocycles. The van der Waals surface area contributed by atoms with Gasteiger partial charge in [-0.15, -0.1) is 0 Å². The van der Waals surface area contributed by atoms with Crippen molar-refractivity contribution in [3.05, 3.63) is 54.5 Å². The molecule has 9 nitrogen and oxygen atoms in total. The largest absolute Gasteiger partial charge is 0.378 e. The summed E-state index contributed by atoms with van der Waals surface area (Å²) < 4.78 is 9.40. The van der Waals surface area contributed by atoms with Gasteiger partial charge in [0.1, 0.15) is 5.52 Å². The average molecular weight is 429 g/mol. The third kappa shape index (κ3) is 3.82. The van der Waals surface area contributed by atoms with E-state index in [9.17, 15) is 5.26 Å². The molecule has 0 atom stereocenters. The lowest BCUT2D eigenvalue weighted by atomic mass is 10.1. The van der Waals surface area contributed by atoms with Crippen LogP contribution in [0.4, 0.5) is 5.69 Å². The van der Waals surface area contributed by atoms with Crippen molar-refractivity contribution in [1.29, 1.82) is 5.26 Å². The predicted molar refractivity (Wildman–Crippen MR) is 122 cm³/mol. The number of hydrogen-bond donors (Lipinski definition) is 1. The number of morpholine rings is 1. The van der Waals surface area contributed by atoms with Gasteiger partial charge in [0.05, 0.1) is 42.6 Å². The predicted octanol–water partition coefficient (Wildman–Crippen LogP) is 2.21. The number of rotatable bonds is 6. The van der Waals surface area contributed by atoms with E-state index in [0.717, 1.165) is 60.1 Å². The lowest BCUT2D eigenvalue weighted by molar-refractivity contribution is 0.123. The molecule has 1 aromatic carbocycles. The van der Waals surface area contributed by atoms with Gasteiger partial charge >= 0.3 is 0 Å². The summed E-state index contributed by atoms with van der Waals surface area (Å²) in [6.07, 6.45) is 3.75. The second kappa shape index (κ2) is 8.78. The van der Waals surface area contributed by atoms with Crippen molar-refractivity contribution < 1.29 is 4.74 Å². The minimum Gasteiger partial charge on any atom is -0.378 e. The standard InChI is InChI=1S/C23H24N8O/c1-25-6-8-30-16-26-22-20(29-9-11-32-12-10-29)14-21(27-23(22)30)31-7-5-19(28-31)18-4-2-3-17(13-18)15-24/h2-5,7,13-14,16,25H,6,8-12H2,1H3. The summed E-state index contributed by atoms with van der Waals surface area (Å²) >= 11 is 0. The van der Waals surface area contributed by atoms with Crippen molar-refractivity contribution in [3.8, 4) is 23.1 Å². The number of nitrogens with zero attached hydrogens (tertiary/aromatic N) is 7. The molecule has 0 amide bonds. The molecule has 3 aromatic heterocycles. The highest BCUT2D eigenvalue weighted by Crippen LogP contribution is 2.28. The molecule has 0 aliphatic carbocycles. The lowest BCUT2D eigenvalue weighted by Crippen LogP contribution is -2.36. The van der Waals surface area contributed by atoms with E-state index in [1.54, 1.807) is 10.7 Å². The van der Waals surface area contributed by atoms with Crippen molar-refractivity contribution >= 4 is 16.9 Å². The highest BCUT2D eigenvalue weighted by Gasteiger charge is 2.20. The second-order valence-electron chi connectivity index (χ2n) is 7.65. The summed E-state index contributed by atoms with van der Waals surface area (Å²) in [6, 6.07) is 13.6. The third-order valence-electron chi connectivity index (χ3n) is 5.60. The Bertz CT molecular complexity index is 1280. The van der Waals surface area contributed by atoms with Crippen LogP contribution in [0.25, 0.3) is 28.2 Å². The van der Waals surface area contributed by atoms with E-state index < -0.39 is 0 Å². The lowest BCUT2D eigenvalue weighted by Gasteiger charge is -2.29. The van der Waals surface area contributed by atoms with Crippen LogP contribution < -0.4 is 10.2 Å². The van der Waals surface area contributed by atoms with Crippen molar-refractivity contribution in [2.75, 3.05) is 44.8 Å². The first-order valence-electron chi connectivity index (χ1n) is 10.7. The van der Waals surface area contributed by atoms with Crippen LogP contribution in [0.1, 0.15) is 5.56 Å². The summed E-state index contributed by atoms with van der Waals surface area (Å²) in [4.78, 5) is 11.9. The van der Waals surface area contributed by atoms with Crippen LogP contribution in [0.15, 0.2) is 48.9 Å². The Morgan fingerprint density at radius 2 is 2.06 bits per heavy atom. The number of aromatic nitrogens is 5. The van der Waals surface area contributed by atoms with E-state index >= 15 is 0 Å². The number of likely N-dealkylation sites (N-methyl/N-ethyl adjacent to an activating group) is 1. The van der Waals surface area contributed by atoms with E-state index in [0.29, 0.717) is 18.8 Å². The van der Waals surface area contributed by atoms with Crippen LogP contribution in [-0.4, -0.2) is 64.2 Å². The fourth-order valence-electron chi connectivity index (χ4n) is 3.92. The van der Waals surface area contributed by atoms with Gasteiger partial charge in [0.15, 0.2) is 11.5 Å². The van der Waals surface area contributed by atoms with E-state index in [1.165, 1.54) is 0 Å². The van der Waals surface area contributed by atoms with Gasteiger partial charge in [-0.05, 0) is 25.2 Å². The summed E-state index contributed by atoms with van der Waals surface area (Å²) in [5.74, 6) is 0.730. The number of benzene rings is 1. The van der Waals surface area contributed by atoms with Gasteiger partial charge in [0, 0.05) is 44.0 Å². The Morgan fingerprint density at radius 3 is 2.88 bits per heavy atom. The van der Waals surface area contributed by atoms with E-state index in [4.69, 9.17) is 14.8 Å². The molecule has 4 aromatic rings. The van der Waals surface area contributed by atoms with Crippen LogP contribution in [0, 0.1) is 11.3 Å². The fourth-order valence-corrected chi connectivity index (χ4v) is 3.92. The van der Waals surface area contributed by atoms with Gasteiger partial charge in [0.25, 0.3) is 0 Å². The Morgan fingerprint density at radius 1 is 1.19 bits per heavy atom.